The van der Waals surface area contributed by atoms with E-state index in [9.17, 15) is 14.4 Å². The minimum atomic E-state index is -0.306. The van der Waals surface area contributed by atoms with Crippen LogP contribution >= 0.6 is 0 Å². The molecule has 0 atom stereocenters. The van der Waals surface area contributed by atoms with E-state index in [0.717, 1.165) is 12.1 Å². The average molecular weight is 308 g/mol. The summed E-state index contributed by atoms with van der Waals surface area (Å²) in [5, 5.41) is 2.76. The predicted octanol–water partition coefficient (Wildman–Crippen LogP) is 0.486. The van der Waals surface area contributed by atoms with Crippen LogP contribution < -0.4 is 15.6 Å². The molecule has 0 radical (unpaired) electrons. The van der Waals surface area contributed by atoms with Crippen molar-refractivity contribution in [2.45, 2.75) is 32.2 Å². The Balaban J connectivity index is 2.11. The molecule has 1 aromatic rings. The summed E-state index contributed by atoms with van der Waals surface area (Å²) >= 11 is 0. The molecule has 2 heterocycles. The van der Waals surface area contributed by atoms with Crippen molar-refractivity contribution in [2.75, 3.05) is 20.8 Å². The van der Waals surface area contributed by atoms with Crippen molar-refractivity contribution >= 4 is 11.9 Å². The standard InChI is InChI=1S/C15H20N2O5/c1-21-11-9-12(18)17-8-4-5-10(17)14(11)15(20)16-7-3-6-13(19)22-2/h9H,3-8H2,1-2H3,(H,16,20). The number of pyridine rings is 1. The van der Waals surface area contributed by atoms with E-state index in [-0.39, 0.29) is 23.9 Å². The third-order valence-corrected chi connectivity index (χ3v) is 3.69. The van der Waals surface area contributed by atoms with Gasteiger partial charge in [-0.25, -0.2) is 0 Å². The maximum absolute atomic E-state index is 12.4. The van der Waals surface area contributed by atoms with E-state index in [0.29, 0.717) is 37.2 Å². The number of nitrogens with one attached hydrogen (secondary N) is 1. The van der Waals surface area contributed by atoms with E-state index in [4.69, 9.17) is 4.74 Å². The average Bonchev–Trinajstić information content (AvgIpc) is 3.00. The number of hydrogen-bond donors (Lipinski definition) is 1. The highest BCUT2D eigenvalue weighted by molar-refractivity contribution is 5.98. The predicted molar refractivity (Wildman–Crippen MR) is 79.2 cm³/mol. The molecule has 120 valence electrons. The Morgan fingerprint density at radius 3 is 2.82 bits per heavy atom. The number of hydrogen-bond acceptors (Lipinski definition) is 5. The lowest BCUT2D eigenvalue weighted by Gasteiger charge is -2.14. The van der Waals surface area contributed by atoms with Crippen LogP contribution in [0.3, 0.4) is 0 Å². The van der Waals surface area contributed by atoms with Crippen LogP contribution in [0.1, 0.15) is 35.3 Å². The molecule has 0 fully saturated rings. The van der Waals surface area contributed by atoms with Gasteiger partial charge in [0.05, 0.1) is 14.2 Å². The lowest BCUT2D eigenvalue weighted by molar-refractivity contribution is -0.140. The number of ether oxygens (including phenoxy) is 2. The number of carbonyl (C=O) groups excluding carboxylic acids is 2. The summed E-state index contributed by atoms with van der Waals surface area (Å²) in [5.74, 6) is -0.296. The third kappa shape index (κ3) is 3.29. The first-order chi connectivity index (χ1) is 10.6. The Bertz CT molecular complexity index is 636. The summed E-state index contributed by atoms with van der Waals surface area (Å²) in [7, 11) is 2.77. The van der Waals surface area contributed by atoms with Gasteiger partial charge in [-0.3, -0.25) is 14.4 Å². The smallest absolute Gasteiger partial charge is 0.305 e. The van der Waals surface area contributed by atoms with Gasteiger partial charge in [0.2, 0.25) is 0 Å². The largest absolute Gasteiger partial charge is 0.496 e. The highest BCUT2D eigenvalue weighted by Crippen LogP contribution is 2.25. The zero-order valence-electron chi connectivity index (χ0n) is 12.8. The molecule has 1 amide bonds. The Labute approximate surface area is 128 Å². The van der Waals surface area contributed by atoms with Crippen molar-refractivity contribution in [3.63, 3.8) is 0 Å². The maximum atomic E-state index is 12.4. The van der Waals surface area contributed by atoms with Crippen molar-refractivity contribution in [1.82, 2.24) is 9.88 Å². The summed E-state index contributed by atoms with van der Waals surface area (Å²) in [5.41, 5.74) is 0.985. The molecule has 1 aromatic heterocycles. The van der Waals surface area contributed by atoms with E-state index in [1.165, 1.54) is 20.3 Å². The SMILES string of the molecule is COC(=O)CCCNC(=O)c1c(OC)cc(=O)n2c1CCC2. The van der Waals surface area contributed by atoms with Crippen molar-refractivity contribution in [3.8, 4) is 5.75 Å². The number of aromatic nitrogens is 1. The highest BCUT2D eigenvalue weighted by atomic mass is 16.5. The molecule has 7 nitrogen and oxygen atoms in total. The molecule has 0 aromatic carbocycles. The quantitative estimate of drug-likeness (QED) is 0.610. The molecule has 22 heavy (non-hydrogen) atoms. The molecular weight excluding hydrogens is 288 g/mol. The first-order valence-electron chi connectivity index (χ1n) is 7.24. The fraction of sp³-hybridized carbons (Fsp3) is 0.533. The lowest BCUT2D eigenvalue weighted by Crippen LogP contribution is -2.30. The van der Waals surface area contributed by atoms with E-state index in [2.05, 4.69) is 10.1 Å². The van der Waals surface area contributed by atoms with Crippen molar-refractivity contribution in [3.05, 3.63) is 27.7 Å². The summed E-state index contributed by atoms with van der Waals surface area (Å²) in [6.07, 6.45) is 2.26. The van der Waals surface area contributed by atoms with Gasteiger partial charge in [-0.2, -0.15) is 0 Å². The molecule has 1 aliphatic rings. The molecule has 0 bridgehead atoms. The molecule has 1 N–H and O–H groups in total. The molecular formula is C15H20N2O5. The second-order valence-corrected chi connectivity index (χ2v) is 5.06. The lowest BCUT2D eigenvalue weighted by atomic mass is 10.1. The van der Waals surface area contributed by atoms with Gasteiger partial charge < -0.3 is 19.4 Å². The molecule has 0 saturated carbocycles. The Hall–Kier alpha value is -2.31. The normalized spacial score (nSPS) is 12.6. The van der Waals surface area contributed by atoms with Crippen molar-refractivity contribution in [1.29, 1.82) is 0 Å². The van der Waals surface area contributed by atoms with Gasteiger partial charge in [-0.1, -0.05) is 0 Å². The monoisotopic (exact) mass is 308 g/mol. The maximum Gasteiger partial charge on any atom is 0.305 e. The zero-order valence-corrected chi connectivity index (χ0v) is 12.8. The molecule has 1 aliphatic heterocycles. The second kappa shape index (κ2) is 7.11. The molecule has 7 heteroatoms. The minimum Gasteiger partial charge on any atom is -0.496 e. The number of nitrogens with zero attached hydrogens (tertiary/aromatic N) is 1. The van der Waals surface area contributed by atoms with Gasteiger partial charge in [0.15, 0.2) is 0 Å². The van der Waals surface area contributed by atoms with Crippen LogP contribution in [0.25, 0.3) is 0 Å². The number of esters is 1. The Kier molecular flexibility index (Phi) is 5.19. The first-order valence-corrected chi connectivity index (χ1v) is 7.24. The fourth-order valence-electron chi connectivity index (χ4n) is 2.61. The van der Waals surface area contributed by atoms with Gasteiger partial charge in [0.25, 0.3) is 11.5 Å². The van der Waals surface area contributed by atoms with E-state index in [1.807, 2.05) is 0 Å². The number of methoxy groups -OCH3 is 2. The van der Waals surface area contributed by atoms with Crippen LogP contribution in [0.5, 0.6) is 5.75 Å². The van der Waals surface area contributed by atoms with Crippen LogP contribution in [0.2, 0.25) is 0 Å². The summed E-state index contributed by atoms with van der Waals surface area (Å²) in [6.45, 7) is 0.983. The van der Waals surface area contributed by atoms with Crippen LogP contribution in [0.15, 0.2) is 10.9 Å². The summed E-state index contributed by atoms with van der Waals surface area (Å²) < 4.78 is 11.3. The van der Waals surface area contributed by atoms with Gasteiger partial charge in [-0.05, 0) is 19.3 Å². The first kappa shape index (κ1) is 16.1. The van der Waals surface area contributed by atoms with Crippen LogP contribution in [0, 0.1) is 0 Å². The molecule has 0 unspecified atom stereocenters. The second-order valence-electron chi connectivity index (χ2n) is 5.06. The fourth-order valence-corrected chi connectivity index (χ4v) is 2.61. The number of amides is 1. The van der Waals surface area contributed by atoms with Gasteiger partial charge in [-0.15, -0.1) is 0 Å². The van der Waals surface area contributed by atoms with Crippen LogP contribution in [-0.4, -0.2) is 37.2 Å². The van der Waals surface area contributed by atoms with Crippen molar-refractivity contribution in [2.24, 2.45) is 0 Å². The minimum absolute atomic E-state index is 0.147. The van der Waals surface area contributed by atoms with Gasteiger partial charge in [0.1, 0.15) is 11.3 Å². The number of rotatable bonds is 6. The number of carbonyl (C=O) groups is 2. The molecule has 0 aliphatic carbocycles. The molecule has 0 spiro atoms. The summed E-state index contributed by atoms with van der Waals surface area (Å²) in [4.78, 5) is 35.3. The van der Waals surface area contributed by atoms with Crippen LogP contribution in [0.4, 0.5) is 0 Å². The van der Waals surface area contributed by atoms with E-state index < -0.39 is 0 Å². The molecule has 0 saturated heterocycles. The Morgan fingerprint density at radius 2 is 2.14 bits per heavy atom. The Morgan fingerprint density at radius 1 is 1.36 bits per heavy atom. The third-order valence-electron chi connectivity index (χ3n) is 3.69. The van der Waals surface area contributed by atoms with Crippen LogP contribution in [-0.2, 0) is 22.5 Å². The highest BCUT2D eigenvalue weighted by Gasteiger charge is 2.24. The van der Waals surface area contributed by atoms with E-state index in [1.54, 1.807) is 4.57 Å². The number of fused-ring (bicyclic) bond motifs is 1. The summed E-state index contributed by atoms with van der Waals surface area (Å²) in [6, 6.07) is 1.35. The van der Waals surface area contributed by atoms with Gasteiger partial charge >= 0.3 is 5.97 Å². The zero-order chi connectivity index (χ0) is 16.1. The topological polar surface area (TPSA) is 86.6 Å². The molecule has 2 rings (SSSR count). The van der Waals surface area contributed by atoms with E-state index >= 15 is 0 Å². The van der Waals surface area contributed by atoms with Gasteiger partial charge in [0, 0.05) is 31.3 Å². The van der Waals surface area contributed by atoms with Crippen molar-refractivity contribution < 1.29 is 19.1 Å².